The summed E-state index contributed by atoms with van der Waals surface area (Å²) in [6.45, 7) is 3.51. The molecular weight excluding hydrogens is 421 g/mol. The first-order valence-corrected chi connectivity index (χ1v) is 9.56. The Bertz CT molecular complexity index is 1030. The Balaban J connectivity index is 1.53. The maximum atomic E-state index is 12.3. The van der Waals surface area contributed by atoms with E-state index in [1.54, 1.807) is 19.1 Å². The number of aromatic amines is 1. The first kappa shape index (κ1) is 21.5. The molecule has 2 heterocycles. The largest absolute Gasteiger partial charge is 0.573 e. The number of H-pyrrole nitrogens is 1. The summed E-state index contributed by atoms with van der Waals surface area (Å²) in [5.41, 5.74) is 0.342. The molecule has 0 bridgehead atoms. The Morgan fingerprint density at radius 3 is 2.60 bits per heavy atom. The Hall–Kier alpha value is -3.21. The molecule has 2 N–H and O–H groups in total. The van der Waals surface area contributed by atoms with E-state index in [9.17, 15) is 18.0 Å². The number of anilines is 1. The van der Waals surface area contributed by atoms with Crippen LogP contribution < -0.4 is 10.1 Å². The van der Waals surface area contributed by atoms with Crippen LogP contribution in [0.15, 0.2) is 46.0 Å². The first-order chi connectivity index (χ1) is 14.2. The van der Waals surface area contributed by atoms with E-state index in [0.717, 1.165) is 29.7 Å². The molecule has 1 amide bonds. The van der Waals surface area contributed by atoms with Crippen molar-refractivity contribution in [2.45, 2.75) is 30.6 Å². The lowest BCUT2D eigenvalue weighted by Crippen LogP contribution is -2.22. The number of ether oxygens (including phenoxy) is 1. The molecule has 0 saturated carbocycles. The molecule has 1 unspecified atom stereocenters. The van der Waals surface area contributed by atoms with Crippen LogP contribution in [0, 0.1) is 6.92 Å². The van der Waals surface area contributed by atoms with Crippen molar-refractivity contribution in [1.82, 2.24) is 15.2 Å². The van der Waals surface area contributed by atoms with Crippen molar-refractivity contribution < 1.29 is 27.1 Å². The van der Waals surface area contributed by atoms with Crippen LogP contribution in [-0.4, -0.2) is 32.7 Å². The molecule has 1 atom stereocenters. The van der Waals surface area contributed by atoms with Crippen LogP contribution in [0.1, 0.15) is 24.3 Å². The minimum absolute atomic E-state index is 0.342. The van der Waals surface area contributed by atoms with Gasteiger partial charge in [0.1, 0.15) is 23.1 Å². The monoisotopic (exact) mass is 438 g/mol. The zero-order valence-corrected chi connectivity index (χ0v) is 16.7. The normalized spacial score (nSPS) is 12.8. The molecule has 0 fully saturated rings. The van der Waals surface area contributed by atoms with Crippen LogP contribution in [0.5, 0.6) is 5.75 Å². The highest BCUT2D eigenvalue weighted by Crippen LogP contribution is 2.25. The van der Waals surface area contributed by atoms with Crippen molar-refractivity contribution in [3.63, 3.8) is 0 Å². The SMILES string of the molecule is Cc1ccc(/C=C/c2nc(SC(C)C(=O)Nc3ccc(OC(F)(F)F)cc3)n[nH]2)o1. The first-order valence-electron chi connectivity index (χ1n) is 8.68. The Morgan fingerprint density at radius 1 is 1.23 bits per heavy atom. The molecule has 158 valence electrons. The predicted octanol–water partition coefficient (Wildman–Crippen LogP) is 4.89. The zero-order valence-electron chi connectivity index (χ0n) is 15.9. The highest BCUT2D eigenvalue weighted by molar-refractivity contribution is 8.00. The number of carbonyl (C=O) groups is 1. The summed E-state index contributed by atoms with van der Waals surface area (Å²) < 4.78 is 45.8. The fourth-order valence-electron chi connectivity index (χ4n) is 2.28. The molecule has 3 aromatic rings. The molecule has 0 spiro atoms. The van der Waals surface area contributed by atoms with Crippen LogP contribution in [0.4, 0.5) is 18.9 Å². The number of furan rings is 1. The van der Waals surface area contributed by atoms with Crippen LogP contribution in [0.25, 0.3) is 12.2 Å². The van der Waals surface area contributed by atoms with Crippen molar-refractivity contribution in [1.29, 1.82) is 0 Å². The topological polar surface area (TPSA) is 93.0 Å². The van der Waals surface area contributed by atoms with Crippen LogP contribution >= 0.6 is 11.8 Å². The van der Waals surface area contributed by atoms with E-state index >= 15 is 0 Å². The average Bonchev–Trinajstić information content (AvgIpc) is 3.29. The maximum absolute atomic E-state index is 12.3. The molecule has 0 radical (unpaired) electrons. The van der Waals surface area contributed by atoms with Gasteiger partial charge in [-0.15, -0.1) is 18.3 Å². The second kappa shape index (κ2) is 9.08. The fourth-order valence-corrected chi connectivity index (χ4v) is 3.02. The second-order valence-corrected chi connectivity index (χ2v) is 7.41. The Morgan fingerprint density at radius 2 is 1.97 bits per heavy atom. The molecule has 0 aliphatic heterocycles. The number of hydrogen-bond acceptors (Lipinski definition) is 6. The van der Waals surface area contributed by atoms with E-state index in [1.807, 2.05) is 19.1 Å². The number of rotatable bonds is 7. The van der Waals surface area contributed by atoms with Crippen LogP contribution in [0.3, 0.4) is 0 Å². The molecule has 0 aliphatic carbocycles. The summed E-state index contributed by atoms with van der Waals surface area (Å²) >= 11 is 1.13. The van der Waals surface area contributed by atoms with E-state index in [1.165, 1.54) is 12.1 Å². The number of thioether (sulfide) groups is 1. The van der Waals surface area contributed by atoms with Crippen molar-refractivity contribution >= 4 is 35.5 Å². The summed E-state index contributed by atoms with van der Waals surface area (Å²) in [7, 11) is 0. The lowest BCUT2D eigenvalue weighted by atomic mass is 10.3. The van der Waals surface area contributed by atoms with E-state index in [0.29, 0.717) is 22.4 Å². The van der Waals surface area contributed by atoms with Gasteiger partial charge in [0.15, 0.2) is 0 Å². The number of aromatic nitrogens is 3. The minimum Gasteiger partial charge on any atom is -0.462 e. The number of hydrogen-bond donors (Lipinski definition) is 2. The molecule has 0 saturated heterocycles. The summed E-state index contributed by atoms with van der Waals surface area (Å²) in [4.78, 5) is 16.6. The smallest absolute Gasteiger partial charge is 0.462 e. The number of benzene rings is 1. The molecular formula is C19H17F3N4O3S. The van der Waals surface area contributed by atoms with E-state index < -0.39 is 11.6 Å². The van der Waals surface area contributed by atoms with Crippen molar-refractivity contribution in [2.75, 3.05) is 5.32 Å². The van der Waals surface area contributed by atoms with Crippen molar-refractivity contribution in [2.24, 2.45) is 0 Å². The van der Waals surface area contributed by atoms with Gasteiger partial charge in [-0.2, -0.15) is 0 Å². The molecule has 11 heteroatoms. The Kier molecular flexibility index (Phi) is 6.50. The summed E-state index contributed by atoms with van der Waals surface area (Å²) in [5, 5.41) is 9.26. The van der Waals surface area contributed by atoms with Gasteiger partial charge in [0.2, 0.25) is 11.1 Å². The molecule has 30 heavy (non-hydrogen) atoms. The summed E-state index contributed by atoms with van der Waals surface area (Å²) in [6, 6.07) is 8.56. The third-order valence-electron chi connectivity index (χ3n) is 3.66. The van der Waals surface area contributed by atoms with Gasteiger partial charge >= 0.3 is 6.36 Å². The van der Waals surface area contributed by atoms with E-state index in [4.69, 9.17) is 4.42 Å². The van der Waals surface area contributed by atoms with Crippen LogP contribution in [0.2, 0.25) is 0 Å². The molecule has 0 aliphatic rings. The number of alkyl halides is 3. The molecule has 7 nitrogen and oxygen atoms in total. The van der Waals surface area contributed by atoms with E-state index in [-0.39, 0.29) is 11.7 Å². The standard InChI is InChI=1S/C19H17F3N4O3S/c1-11-3-6-14(28-11)9-10-16-24-18(26-25-16)30-12(2)17(27)23-13-4-7-15(8-5-13)29-19(20,21)22/h3-10,12H,1-2H3,(H,23,27)(H,24,25,26)/b10-9+. The van der Waals surface area contributed by atoms with Gasteiger partial charge in [-0.1, -0.05) is 11.8 Å². The molecule has 3 rings (SSSR count). The quantitative estimate of drug-likeness (QED) is 0.510. The lowest BCUT2D eigenvalue weighted by Gasteiger charge is -2.12. The van der Waals surface area contributed by atoms with Crippen LogP contribution in [-0.2, 0) is 4.79 Å². The van der Waals surface area contributed by atoms with Gasteiger partial charge < -0.3 is 14.5 Å². The highest BCUT2D eigenvalue weighted by atomic mass is 32.2. The van der Waals surface area contributed by atoms with Crippen molar-refractivity contribution in [3.05, 3.63) is 53.7 Å². The molecule has 2 aromatic heterocycles. The van der Waals surface area contributed by atoms with E-state index in [2.05, 4.69) is 25.2 Å². The van der Waals surface area contributed by atoms with Crippen molar-refractivity contribution in [3.8, 4) is 5.75 Å². The summed E-state index contributed by atoms with van der Waals surface area (Å²) in [6.07, 6.45) is -1.33. The lowest BCUT2D eigenvalue weighted by molar-refractivity contribution is -0.274. The third-order valence-corrected chi connectivity index (χ3v) is 4.62. The number of halogens is 3. The fraction of sp³-hybridized carbons (Fsp3) is 0.211. The number of aryl methyl sites for hydroxylation is 1. The number of carbonyl (C=O) groups excluding carboxylic acids is 1. The third kappa shape index (κ3) is 6.41. The van der Waals surface area contributed by atoms with Gasteiger partial charge in [-0.05, 0) is 62.4 Å². The number of nitrogens with zero attached hydrogens (tertiary/aromatic N) is 2. The van der Waals surface area contributed by atoms with Gasteiger partial charge in [0.25, 0.3) is 0 Å². The second-order valence-electron chi connectivity index (χ2n) is 6.11. The summed E-state index contributed by atoms with van der Waals surface area (Å²) in [5.74, 6) is 1.26. The maximum Gasteiger partial charge on any atom is 0.573 e. The average molecular weight is 438 g/mol. The highest BCUT2D eigenvalue weighted by Gasteiger charge is 2.31. The predicted molar refractivity (Wildman–Crippen MR) is 106 cm³/mol. The van der Waals surface area contributed by atoms with Gasteiger partial charge in [-0.3, -0.25) is 9.89 Å². The van der Waals surface area contributed by atoms with Gasteiger partial charge in [0, 0.05) is 5.69 Å². The number of nitrogens with one attached hydrogen (secondary N) is 2. The number of amides is 1. The minimum atomic E-state index is -4.77. The molecule has 1 aromatic carbocycles. The zero-order chi connectivity index (χ0) is 21.7. The Labute approximate surface area is 173 Å². The van der Waals surface area contributed by atoms with Gasteiger partial charge in [-0.25, -0.2) is 4.98 Å². The van der Waals surface area contributed by atoms with Gasteiger partial charge in [0.05, 0.1) is 5.25 Å².